The first kappa shape index (κ1) is 21.6. The first-order valence-corrected chi connectivity index (χ1v) is 9.67. The molecule has 0 aliphatic rings. The minimum Gasteiger partial charge on any atom is -0.347 e. The maximum atomic E-state index is 14.5. The molecule has 1 N–H and O–H groups in total. The Morgan fingerprint density at radius 2 is 1.61 bits per heavy atom. The van der Waals surface area contributed by atoms with Crippen LogP contribution >= 0.6 is 0 Å². The molecule has 0 aliphatic carbocycles. The van der Waals surface area contributed by atoms with Crippen molar-refractivity contribution in [3.8, 4) is 11.1 Å². The van der Waals surface area contributed by atoms with Crippen LogP contribution in [0.3, 0.4) is 0 Å². The number of halogens is 1. The van der Waals surface area contributed by atoms with Crippen molar-refractivity contribution in [3.63, 3.8) is 0 Å². The Balaban J connectivity index is 2.10. The minimum atomic E-state index is -0.657. The first-order valence-electron chi connectivity index (χ1n) is 9.67. The number of hydrogen-bond donors (Lipinski definition) is 1. The molecule has 0 heterocycles. The highest BCUT2D eigenvalue weighted by molar-refractivity contribution is 6.35. The molecule has 0 saturated carbocycles. The zero-order valence-corrected chi connectivity index (χ0v) is 17.3. The summed E-state index contributed by atoms with van der Waals surface area (Å²) in [6, 6.07) is 12.7. The summed E-state index contributed by atoms with van der Waals surface area (Å²) in [5.41, 5.74) is 3.39. The molecule has 2 aromatic carbocycles. The van der Waals surface area contributed by atoms with Crippen molar-refractivity contribution in [1.82, 2.24) is 10.2 Å². The molecule has 0 aromatic heterocycles. The fraction of sp³-hybridized carbons (Fsp3) is 0.391. The van der Waals surface area contributed by atoms with Gasteiger partial charge in [0.2, 0.25) is 0 Å². The Morgan fingerprint density at radius 1 is 1.00 bits per heavy atom. The van der Waals surface area contributed by atoms with E-state index in [0.29, 0.717) is 12.0 Å². The molecular weight excluding hydrogens is 355 g/mol. The molecule has 0 fully saturated rings. The van der Waals surface area contributed by atoms with Crippen molar-refractivity contribution in [2.45, 2.75) is 53.1 Å². The van der Waals surface area contributed by atoms with Crippen molar-refractivity contribution in [2.24, 2.45) is 0 Å². The molecule has 2 amide bonds. The summed E-state index contributed by atoms with van der Waals surface area (Å²) < 4.78 is 14.5. The summed E-state index contributed by atoms with van der Waals surface area (Å²) in [4.78, 5) is 26.2. The van der Waals surface area contributed by atoms with E-state index in [1.165, 1.54) is 11.0 Å². The second-order valence-corrected chi connectivity index (χ2v) is 7.54. The van der Waals surface area contributed by atoms with E-state index in [2.05, 4.69) is 5.32 Å². The van der Waals surface area contributed by atoms with E-state index < -0.39 is 11.8 Å². The van der Waals surface area contributed by atoms with Crippen molar-refractivity contribution >= 4 is 11.8 Å². The van der Waals surface area contributed by atoms with Gasteiger partial charge in [-0.05, 0) is 63.8 Å². The molecule has 0 unspecified atom stereocenters. The summed E-state index contributed by atoms with van der Waals surface area (Å²) in [6.45, 7) is 9.68. The first-order chi connectivity index (χ1) is 13.2. The third-order valence-corrected chi connectivity index (χ3v) is 4.68. The lowest BCUT2D eigenvalue weighted by molar-refractivity contribution is -0.148. The van der Waals surface area contributed by atoms with E-state index in [9.17, 15) is 14.0 Å². The van der Waals surface area contributed by atoms with Crippen LogP contribution in [-0.2, 0) is 16.0 Å². The van der Waals surface area contributed by atoms with Gasteiger partial charge in [0.05, 0.1) is 0 Å². The normalized spacial score (nSPS) is 11.0. The molecule has 28 heavy (non-hydrogen) atoms. The lowest BCUT2D eigenvalue weighted by atomic mass is 9.96. The van der Waals surface area contributed by atoms with Crippen LogP contribution in [0.25, 0.3) is 11.1 Å². The number of aryl methyl sites for hydroxylation is 1. The zero-order valence-electron chi connectivity index (χ0n) is 17.3. The van der Waals surface area contributed by atoms with Crippen LogP contribution in [0, 0.1) is 12.7 Å². The van der Waals surface area contributed by atoms with Crippen molar-refractivity contribution in [2.75, 3.05) is 6.54 Å². The van der Waals surface area contributed by atoms with Crippen LogP contribution in [0.1, 0.15) is 38.8 Å². The number of nitrogens with zero attached hydrogens (tertiary/aromatic N) is 1. The van der Waals surface area contributed by atoms with Crippen molar-refractivity contribution < 1.29 is 14.0 Å². The van der Waals surface area contributed by atoms with E-state index in [1.807, 2.05) is 65.0 Å². The number of rotatable bonds is 6. The van der Waals surface area contributed by atoms with Gasteiger partial charge in [0.15, 0.2) is 0 Å². The number of carbonyl (C=O) groups is 2. The number of carbonyl (C=O) groups excluding carboxylic acids is 2. The van der Waals surface area contributed by atoms with Crippen molar-refractivity contribution in [3.05, 3.63) is 59.4 Å². The van der Waals surface area contributed by atoms with E-state index in [0.717, 1.165) is 16.7 Å². The average molecular weight is 384 g/mol. The van der Waals surface area contributed by atoms with Gasteiger partial charge in [-0.25, -0.2) is 4.39 Å². The Hall–Kier alpha value is -2.69. The van der Waals surface area contributed by atoms with Crippen LogP contribution in [0.15, 0.2) is 42.5 Å². The second kappa shape index (κ2) is 9.49. The molecule has 0 aliphatic heterocycles. The SMILES string of the molecule is Cc1ccc(-c2cccc(F)c2CCNC(=O)C(=O)N(C(C)C)C(C)C)cc1. The quantitative estimate of drug-likeness (QED) is 0.762. The van der Waals surface area contributed by atoms with E-state index in [-0.39, 0.29) is 24.4 Å². The second-order valence-electron chi connectivity index (χ2n) is 7.54. The summed E-state index contributed by atoms with van der Waals surface area (Å²) in [6.07, 6.45) is 0.304. The summed E-state index contributed by atoms with van der Waals surface area (Å²) in [5, 5.41) is 2.64. The van der Waals surface area contributed by atoms with Gasteiger partial charge in [0, 0.05) is 18.6 Å². The number of nitrogens with one attached hydrogen (secondary N) is 1. The highest BCUT2D eigenvalue weighted by Gasteiger charge is 2.26. The van der Waals surface area contributed by atoms with Gasteiger partial charge in [-0.3, -0.25) is 9.59 Å². The summed E-state index contributed by atoms with van der Waals surface area (Å²) in [5.74, 6) is -1.53. The van der Waals surface area contributed by atoms with Crippen LogP contribution < -0.4 is 5.32 Å². The van der Waals surface area contributed by atoms with E-state index >= 15 is 0 Å². The number of hydrogen-bond acceptors (Lipinski definition) is 2. The van der Waals surface area contributed by atoms with E-state index in [1.54, 1.807) is 6.07 Å². The highest BCUT2D eigenvalue weighted by Crippen LogP contribution is 2.26. The molecule has 0 bridgehead atoms. The van der Waals surface area contributed by atoms with Crippen LogP contribution in [0.4, 0.5) is 4.39 Å². The molecule has 0 spiro atoms. The third kappa shape index (κ3) is 5.18. The predicted octanol–water partition coefficient (Wildman–Crippen LogP) is 4.11. The zero-order chi connectivity index (χ0) is 20.8. The van der Waals surface area contributed by atoms with Gasteiger partial charge in [0.1, 0.15) is 5.82 Å². The summed E-state index contributed by atoms with van der Waals surface area (Å²) >= 11 is 0. The van der Waals surface area contributed by atoms with Crippen LogP contribution in [0.2, 0.25) is 0 Å². The van der Waals surface area contributed by atoms with Gasteiger partial charge >= 0.3 is 11.8 Å². The Kier molecular flexibility index (Phi) is 7.32. The minimum absolute atomic E-state index is 0.0713. The van der Waals surface area contributed by atoms with Crippen LogP contribution in [-0.4, -0.2) is 35.3 Å². The smallest absolute Gasteiger partial charge is 0.312 e. The fourth-order valence-corrected chi connectivity index (χ4v) is 3.38. The molecule has 2 aromatic rings. The predicted molar refractivity (Wildman–Crippen MR) is 110 cm³/mol. The number of benzene rings is 2. The molecule has 4 nitrogen and oxygen atoms in total. The lowest BCUT2D eigenvalue weighted by Crippen LogP contribution is -2.49. The topological polar surface area (TPSA) is 49.4 Å². The van der Waals surface area contributed by atoms with Crippen molar-refractivity contribution in [1.29, 1.82) is 0 Å². The molecule has 0 radical (unpaired) electrons. The molecule has 5 heteroatoms. The molecule has 150 valence electrons. The summed E-state index contributed by atoms with van der Waals surface area (Å²) in [7, 11) is 0. The van der Waals surface area contributed by atoms with Gasteiger partial charge < -0.3 is 10.2 Å². The Labute approximate surface area is 166 Å². The molecule has 0 saturated heterocycles. The highest BCUT2D eigenvalue weighted by atomic mass is 19.1. The standard InChI is InChI=1S/C23H29FN2O2/c1-15(2)26(16(3)4)23(28)22(27)25-14-13-20-19(7-6-8-21(20)24)18-11-9-17(5)10-12-18/h6-12,15-16H,13-14H2,1-5H3,(H,25,27). The van der Waals surface area contributed by atoms with Gasteiger partial charge in [0.25, 0.3) is 0 Å². The largest absolute Gasteiger partial charge is 0.347 e. The van der Waals surface area contributed by atoms with Crippen LogP contribution in [0.5, 0.6) is 0 Å². The number of amides is 2. The Morgan fingerprint density at radius 3 is 2.18 bits per heavy atom. The van der Waals surface area contributed by atoms with Gasteiger partial charge in [-0.2, -0.15) is 0 Å². The Bertz CT molecular complexity index is 821. The maximum absolute atomic E-state index is 14.5. The molecular formula is C23H29FN2O2. The maximum Gasteiger partial charge on any atom is 0.312 e. The van der Waals surface area contributed by atoms with E-state index in [4.69, 9.17) is 0 Å². The molecule has 2 rings (SSSR count). The fourth-order valence-electron chi connectivity index (χ4n) is 3.38. The molecule has 0 atom stereocenters. The average Bonchev–Trinajstić information content (AvgIpc) is 2.63. The monoisotopic (exact) mass is 384 g/mol. The third-order valence-electron chi connectivity index (χ3n) is 4.68. The van der Waals surface area contributed by atoms with Gasteiger partial charge in [-0.15, -0.1) is 0 Å². The lowest BCUT2D eigenvalue weighted by Gasteiger charge is -2.30. The van der Waals surface area contributed by atoms with Gasteiger partial charge in [-0.1, -0.05) is 42.0 Å².